The fraction of sp³-hybridized carbons (Fsp3) is 0.533. The van der Waals surface area contributed by atoms with Crippen molar-refractivity contribution in [3.63, 3.8) is 0 Å². The van der Waals surface area contributed by atoms with Crippen LogP contribution in [0, 0.1) is 0 Å². The van der Waals surface area contributed by atoms with Crippen molar-refractivity contribution in [1.82, 2.24) is 10.0 Å². The van der Waals surface area contributed by atoms with Gasteiger partial charge in [-0.25, -0.2) is 13.1 Å². The summed E-state index contributed by atoms with van der Waals surface area (Å²) in [6, 6.07) is 6.21. The number of hydrogen-bond acceptors (Lipinski definition) is 4. The molecule has 22 heavy (non-hydrogen) atoms. The predicted octanol–water partition coefficient (Wildman–Crippen LogP) is 1.04. The average Bonchev–Trinajstić information content (AvgIpc) is 2.43. The van der Waals surface area contributed by atoms with Gasteiger partial charge in [0.05, 0.1) is 6.26 Å². The molecule has 6 nitrogen and oxygen atoms in total. The van der Waals surface area contributed by atoms with Gasteiger partial charge in [0.2, 0.25) is 15.9 Å². The van der Waals surface area contributed by atoms with E-state index in [2.05, 4.69) is 17.0 Å². The molecule has 0 fully saturated rings. The van der Waals surface area contributed by atoms with Crippen molar-refractivity contribution in [3.05, 3.63) is 29.8 Å². The van der Waals surface area contributed by atoms with Crippen LogP contribution in [0.4, 0.5) is 5.69 Å². The van der Waals surface area contributed by atoms with Crippen molar-refractivity contribution in [2.45, 2.75) is 38.6 Å². The first-order chi connectivity index (χ1) is 10.3. The van der Waals surface area contributed by atoms with Gasteiger partial charge in [0, 0.05) is 12.2 Å². The molecule has 0 radical (unpaired) electrons. The number of nitrogens with one attached hydrogen (secondary N) is 2. The predicted molar refractivity (Wildman–Crippen MR) is 88.9 cm³/mol. The van der Waals surface area contributed by atoms with Crippen LogP contribution >= 0.6 is 0 Å². The Morgan fingerprint density at radius 2 is 1.86 bits per heavy atom. The van der Waals surface area contributed by atoms with Crippen LogP contribution in [0.5, 0.6) is 0 Å². The number of anilines is 1. The lowest BCUT2D eigenvalue weighted by molar-refractivity contribution is -0.122. The average molecular weight is 327 g/mol. The zero-order valence-electron chi connectivity index (χ0n) is 13.1. The summed E-state index contributed by atoms with van der Waals surface area (Å²) in [5, 5.41) is 2.78. The Kier molecular flexibility index (Phi) is 7.34. The van der Waals surface area contributed by atoms with Crippen LogP contribution in [0.25, 0.3) is 0 Å². The third-order valence-corrected chi connectivity index (χ3v) is 3.88. The number of benzene rings is 1. The summed E-state index contributed by atoms with van der Waals surface area (Å²) in [6.45, 7) is 2.63. The minimum Gasteiger partial charge on any atom is -0.399 e. The van der Waals surface area contributed by atoms with Gasteiger partial charge in [-0.2, -0.15) is 0 Å². The molecule has 1 rings (SSSR count). The molecule has 0 heterocycles. The molecular formula is C15H25N3O3S. The standard InChI is InChI=1S/C15H25N3O3S/c1-3-4-5-10-17-15(19)14(18-22(2,20)21)11-12-6-8-13(16)9-7-12/h6-9,14,18H,3-5,10-11,16H2,1-2H3,(H,17,19). The minimum absolute atomic E-state index is 0.285. The van der Waals surface area contributed by atoms with Gasteiger partial charge in [0.25, 0.3) is 0 Å². The van der Waals surface area contributed by atoms with E-state index < -0.39 is 16.1 Å². The van der Waals surface area contributed by atoms with E-state index in [9.17, 15) is 13.2 Å². The molecule has 0 aliphatic carbocycles. The second-order valence-corrected chi connectivity index (χ2v) is 7.17. The molecule has 1 aromatic carbocycles. The Hall–Kier alpha value is -1.60. The fourth-order valence-corrected chi connectivity index (χ4v) is 2.75. The van der Waals surface area contributed by atoms with Crippen molar-refractivity contribution in [1.29, 1.82) is 0 Å². The molecule has 1 atom stereocenters. The Balaban J connectivity index is 2.70. The van der Waals surface area contributed by atoms with E-state index in [1.165, 1.54) is 0 Å². The highest BCUT2D eigenvalue weighted by Crippen LogP contribution is 2.09. The maximum atomic E-state index is 12.2. The summed E-state index contributed by atoms with van der Waals surface area (Å²) in [4.78, 5) is 12.2. The number of hydrogen-bond donors (Lipinski definition) is 3. The van der Waals surface area contributed by atoms with Gasteiger partial charge >= 0.3 is 0 Å². The number of amides is 1. The maximum Gasteiger partial charge on any atom is 0.238 e. The number of carbonyl (C=O) groups excluding carboxylic acids is 1. The summed E-state index contributed by atoms with van der Waals surface area (Å²) in [5.41, 5.74) is 7.09. The van der Waals surface area contributed by atoms with Crippen LogP contribution in [-0.2, 0) is 21.2 Å². The third-order valence-electron chi connectivity index (χ3n) is 3.17. The van der Waals surface area contributed by atoms with E-state index in [1.807, 2.05) is 0 Å². The zero-order chi connectivity index (χ0) is 16.6. The van der Waals surface area contributed by atoms with Gasteiger partial charge in [-0.1, -0.05) is 31.9 Å². The summed E-state index contributed by atoms with van der Waals surface area (Å²) in [5.74, 6) is -0.307. The summed E-state index contributed by atoms with van der Waals surface area (Å²) in [7, 11) is -3.47. The second kappa shape index (κ2) is 8.75. The van der Waals surface area contributed by atoms with Gasteiger partial charge in [-0.05, 0) is 30.5 Å². The van der Waals surface area contributed by atoms with E-state index in [-0.39, 0.29) is 12.3 Å². The highest BCUT2D eigenvalue weighted by Gasteiger charge is 2.22. The van der Waals surface area contributed by atoms with Gasteiger partial charge < -0.3 is 11.1 Å². The Labute approximate surface area is 132 Å². The molecule has 4 N–H and O–H groups in total. The first-order valence-electron chi connectivity index (χ1n) is 7.41. The lowest BCUT2D eigenvalue weighted by Gasteiger charge is -2.17. The van der Waals surface area contributed by atoms with E-state index >= 15 is 0 Å². The molecule has 0 spiro atoms. The molecule has 1 unspecified atom stereocenters. The molecular weight excluding hydrogens is 302 g/mol. The first kappa shape index (κ1) is 18.4. The van der Waals surface area contributed by atoms with Crippen LogP contribution < -0.4 is 15.8 Å². The summed E-state index contributed by atoms with van der Waals surface area (Å²) >= 11 is 0. The van der Waals surface area contributed by atoms with E-state index in [1.54, 1.807) is 24.3 Å². The van der Waals surface area contributed by atoms with E-state index in [4.69, 9.17) is 5.73 Å². The van der Waals surface area contributed by atoms with Crippen LogP contribution in [0.1, 0.15) is 31.7 Å². The second-order valence-electron chi connectivity index (χ2n) is 5.39. The largest absolute Gasteiger partial charge is 0.399 e. The zero-order valence-corrected chi connectivity index (χ0v) is 13.9. The highest BCUT2D eigenvalue weighted by atomic mass is 32.2. The van der Waals surface area contributed by atoms with Crippen molar-refractivity contribution in [3.8, 4) is 0 Å². The number of nitrogens with two attached hydrogens (primary N) is 1. The lowest BCUT2D eigenvalue weighted by atomic mass is 10.1. The highest BCUT2D eigenvalue weighted by molar-refractivity contribution is 7.88. The molecule has 0 aliphatic heterocycles. The van der Waals surface area contributed by atoms with Crippen molar-refractivity contribution in [2.24, 2.45) is 0 Å². The third kappa shape index (κ3) is 7.42. The van der Waals surface area contributed by atoms with E-state index in [0.29, 0.717) is 12.2 Å². The fourth-order valence-electron chi connectivity index (χ4n) is 2.05. The van der Waals surface area contributed by atoms with Crippen LogP contribution in [0.2, 0.25) is 0 Å². The van der Waals surface area contributed by atoms with E-state index in [0.717, 1.165) is 31.1 Å². The smallest absolute Gasteiger partial charge is 0.238 e. The maximum absolute atomic E-state index is 12.2. The van der Waals surface area contributed by atoms with Crippen LogP contribution in [-0.4, -0.2) is 33.2 Å². The van der Waals surface area contributed by atoms with Crippen molar-refractivity contribution in [2.75, 3.05) is 18.5 Å². The summed E-state index contributed by atoms with van der Waals surface area (Å²) < 4.78 is 25.3. The molecule has 0 aliphatic rings. The molecule has 7 heteroatoms. The van der Waals surface area contributed by atoms with Gasteiger partial charge in [-0.3, -0.25) is 4.79 Å². The van der Waals surface area contributed by atoms with Crippen LogP contribution in [0.15, 0.2) is 24.3 Å². The van der Waals surface area contributed by atoms with Gasteiger partial charge in [0.15, 0.2) is 0 Å². The molecule has 1 amide bonds. The quantitative estimate of drug-likeness (QED) is 0.466. The Morgan fingerprint density at radius 3 is 2.41 bits per heavy atom. The number of unbranched alkanes of at least 4 members (excludes halogenated alkanes) is 2. The Morgan fingerprint density at radius 1 is 1.23 bits per heavy atom. The number of sulfonamides is 1. The van der Waals surface area contributed by atoms with Gasteiger partial charge in [0.1, 0.15) is 6.04 Å². The topological polar surface area (TPSA) is 101 Å². The van der Waals surface area contributed by atoms with Crippen molar-refractivity contribution >= 4 is 21.6 Å². The molecule has 1 aromatic rings. The Bertz CT molecular complexity index is 570. The molecule has 0 bridgehead atoms. The lowest BCUT2D eigenvalue weighted by Crippen LogP contribution is -2.47. The van der Waals surface area contributed by atoms with Crippen molar-refractivity contribution < 1.29 is 13.2 Å². The summed E-state index contributed by atoms with van der Waals surface area (Å²) in [6.07, 6.45) is 4.31. The molecule has 0 aromatic heterocycles. The number of nitrogen functional groups attached to an aromatic ring is 1. The number of carbonyl (C=O) groups is 1. The SMILES string of the molecule is CCCCCNC(=O)C(Cc1ccc(N)cc1)NS(C)(=O)=O. The first-order valence-corrected chi connectivity index (χ1v) is 9.30. The van der Waals surface area contributed by atoms with Gasteiger partial charge in [-0.15, -0.1) is 0 Å². The molecule has 0 saturated heterocycles. The minimum atomic E-state index is -3.47. The molecule has 0 saturated carbocycles. The molecule has 124 valence electrons. The normalized spacial score (nSPS) is 12.8. The van der Waals surface area contributed by atoms with Crippen LogP contribution in [0.3, 0.4) is 0 Å². The number of rotatable bonds is 9. The monoisotopic (exact) mass is 327 g/mol.